The summed E-state index contributed by atoms with van der Waals surface area (Å²) in [5.41, 5.74) is 3.87. The zero-order valence-electron chi connectivity index (χ0n) is 8.31. The number of rotatable bonds is 3. The second-order valence-corrected chi connectivity index (χ2v) is 3.73. The summed E-state index contributed by atoms with van der Waals surface area (Å²) in [5, 5.41) is -0.255. The summed E-state index contributed by atoms with van der Waals surface area (Å²) >= 11 is 5.52. The molecule has 1 atom stereocenters. The van der Waals surface area contributed by atoms with Crippen molar-refractivity contribution in [2.45, 2.75) is 25.1 Å². The Bertz CT molecular complexity index is 393. The maximum absolute atomic E-state index is 12.3. The Hall–Kier alpha value is -0.950. The predicted octanol–water partition coefficient (Wildman–Crippen LogP) is 2.89. The van der Waals surface area contributed by atoms with Gasteiger partial charge in [-0.15, -0.1) is 0 Å². The first kappa shape index (κ1) is 14.1. The van der Waals surface area contributed by atoms with E-state index in [9.17, 15) is 22.0 Å². The fourth-order valence-electron chi connectivity index (χ4n) is 1.13. The molecule has 0 aliphatic carbocycles. The van der Waals surface area contributed by atoms with Crippen LogP contribution in [0.15, 0.2) is 12.3 Å². The predicted molar refractivity (Wildman–Crippen MR) is 51.9 cm³/mol. The minimum atomic E-state index is -4.60. The van der Waals surface area contributed by atoms with Crippen LogP contribution in [0.3, 0.4) is 0 Å². The second kappa shape index (κ2) is 5.14. The van der Waals surface area contributed by atoms with Crippen molar-refractivity contribution in [3.05, 3.63) is 28.5 Å². The topological polar surface area (TPSA) is 38.9 Å². The molecule has 0 aliphatic heterocycles. The van der Waals surface area contributed by atoms with Gasteiger partial charge < -0.3 is 5.73 Å². The standard InChI is InChI=1S/C9H8ClF5N2/c10-7-4(2-6(16)8(11)12)1-5(3-17-7)9(13,14)15/h1,3,6,8H,2,16H2. The van der Waals surface area contributed by atoms with Crippen molar-refractivity contribution in [2.24, 2.45) is 5.73 Å². The van der Waals surface area contributed by atoms with Crippen LogP contribution in [0, 0.1) is 0 Å². The maximum Gasteiger partial charge on any atom is 0.417 e. The summed E-state index contributed by atoms with van der Waals surface area (Å²) in [5.74, 6) is 0. The van der Waals surface area contributed by atoms with Gasteiger partial charge in [0.1, 0.15) is 5.15 Å². The van der Waals surface area contributed by atoms with Gasteiger partial charge in [0.05, 0.1) is 11.6 Å². The molecule has 0 saturated heterocycles. The lowest BCUT2D eigenvalue weighted by atomic mass is 10.1. The van der Waals surface area contributed by atoms with E-state index >= 15 is 0 Å². The summed E-state index contributed by atoms with van der Waals surface area (Å²) in [7, 11) is 0. The second-order valence-electron chi connectivity index (χ2n) is 3.37. The molecule has 2 N–H and O–H groups in total. The highest BCUT2D eigenvalue weighted by atomic mass is 35.5. The minimum Gasteiger partial charge on any atom is -0.323 e. The number of nitrogens with zero attached hydrogens (tertiary/aromatic N) is 1. The molecule has 0 radical (unpaired) electrons. The lowest BCUT2D eigenvalue weighted by Crippen LogP contribution is -2.31. The molecule has 8 heteroatoms. The smallest absolute Gasteiger partial charge is 0.323 e. The van der Waals surface area contributed by atoms with Gasteiger partial charge in [0.2, 0.25) is 0 Å². The number of hydrogen-bond donors (Lipinski definition) is 1. The molecule has 1 rings (SSSR count). The molecule has 2 nitrogen and oxygen atoms in total. The lowest BCUT2D eigenvalue weighted by molar-refractivity contribution is -0.137. The molecular formula is C9H8ClF5N2. The van der Waals surface area contributed by atoms with Crippen LogP contribution in [-0.2, 0) is 12.6 Å². The quantitative estimate of drug-likeness (QED) is 0.680. The van der Waals surface area contributed by atoms with Gasteiger partial charge in [-0.25, -0.2) is 13.8 Å². The van der Waals surface area contributed by atoms with E-state index in [0.717, 1.165) is 0 Å². The highest BCUT2D eigenvalue weighted by Crippen LogP contribution is 2.31. The Kier molecular flexibility index (Phi) is 4.26. The van der Waals surface area contributed by atoms with Gasteiger partial charge in [-0.3, -0.25) is 0 Å². The van der Waals surface area contributed by atoms with Crippen LogP contribution in [0.1, 0.15) is 11.1 Å². The number of hydrogen-bond acceptors (Lipinski definition) is 2. The SMILES string of the molecule is NC(Cc1cc(C(F)(F)F)cnc1Cl)C(F)F. The molecule has 1 heterocycles. The molecule has 0 bridgehead atoms. The summed E-state index contributed by atoms with van der Waals surface area (Å²) in [4.78, 5) is 3.30. The zero-order valence-corrected chi connectivity index (χ0v) is 9.06. The van der Waals surface area contributed by atoms with Crippen molar-refractivity contribution in [1.29, 1.82) is 0 Å². The van der Waals surface area contributed by atoms with Crippen LogP contribution in [0.5, 0.6) is 0 Å². The first-order valence-electron chi connectivity index (χ1n) is 4.47. The molecule has 1 aromatic heterocycles. The average molecular weight is 275 g/mol. The normalized spacial score (nSPS) is 14.1. The van der Waals surface area contributed by atoms with Crippen molar-refractivity contribution in [2.75, 3.05) is 0 Å². The van der Waals surface area contributed by atoms with Crippen LogP contribution in [0.2, 0.25) is 5.15 Å². The van der Waals surface area contributed by atoms with E-state index in [1.807, 2.05) is 0 Å². The van der Waals surface area contributed by atoms with E-state index in [1.54, 1.807) is 0 Å². The summed E-state index contributed by atoms with van der Waals surface area (Å²) in [6, 6.07) is -0.893. The number of aromatic nitrogens is 1. The monoisotopic (exact) mass is 274 g/mol. The molecule has 1 aromatic rings. The van der Waals surface area contributed by atoms with Crippen molar-refractivity contribution in [3.8, 4) is 0 Å². The molecule has 17 heavy (non-hydrogen) atoms. The lowest BCUT2D eigenvalue weighted by Gasteiger charge is -2.13. The van der Waals surface area contributed by atoms with E-state index in [4.69, 9.17) is 17.3 Å². The van der Waals surface area contributed by atoms with Gasteiger partial charge in [0.25, 0.3) is 6.43 Å². The van der Waals surface area contributed by atoms with E-state index in [2.05, 4.69) is 4.98 Å². The zero-order chi connectivity index (χ0) is 13.2. The Morgan fingerprint density at radius 1 is 1.35 bits per heavy atom. The van der Waals surface area contributed by atoms with E-state index in [-0.39, 0.29) is 10.7 Å². The molecule has 0 spiro atoms. The van der Waals surface area contributed by atoms with Crippen molar-refractivity contribution in [3.63, 3.8) is 0 Å². The van der Waals surface area contributed by atoms with Gasteiger partial charge in [0, 0.05) is 6.20 Å². The molecule has 0 amide bonds. The Balaban J connectivity index is 2.99. The fraction of sp³-hybridized carbons (Fsp3) is 0.444. The number of pyridine rings is 1. The van der Waals surface area contributed by atoms with Crippen molar-refractivity contribution >= 4 is 11.6 Å². The average Bonchev–Trinajstić information content (AvgIpc) is 2.19. The van der Waals surface area contributed by atoms with Gasteiger partial charge in [-0.05, 0) is 18.1 Å². The third-order valence-electron chi connectivity index (χ3n) is 2.02. The highest BCUT2D eigenvalue weighted by molar-refractivity contribution is 6.30. The third-order valence-corrected chi connectivity index (χ3v) is 2.36. The molecule has 1 unspecified atom stereocenters. The molecule has 0 saturated carbocycles. The molecule has 96 valence electrons. The van der Waals surface area contributed by atoms with Gasteiger partial charge >= 0.3 is 6.18 Å². The molecule has 0 aliphatic rings. The Morgan fingerprint density at radius 3 is 2.41 bits per heavy atom. The maximum atomic E-state index is 12.3. The number of nitrogens with two attached hydrogens (primary N) is 1. The summed E-state index contributed by atoms with van der Waals surface area (Å²) < 4.78 is 61.3. The fourth-order valence-corrected chi connectivity index (χ4v) is 1.32. The van der Waals surface area contributed by atoms with Crippen molar-refractivity contribution < 1.29 is 22.0 Å². The first-order valence-corrected chi connectivity index (χ1v) is 4.85. The van der Waals surface area contributed by atoms with Gasteiger partial charge in [-0.1, -0.05) is 11.6 Å². The number of halogens is 6. The number of alkyl halides is 5. The minimum absolute atomic E-state index is 0.144. The van der Waals surface area contributed by atoms with Crippen LogP contribution in [0.25, 0.3) is 0 Å². The Morgan fingerprint density at radius 2 is 1.94 bits per heavy atom. The van der Waals surface area contributed by atoms with Crippen LogP contribution in [-0.4, -0.2) is 17.5 Å². The molecular weight excluding hydrogens is 267 g/mol. The summed E-state index contributed by atoms with van der Waals surface area (Å²) in [6.07, 6.45) is -7.35. The largest absolute Gasteiger partial charge is 0.417 e. The van der Waals surface area contributed by atoms with E-state index in [1.165, 1.54) is 0 Å². The van der Waals surface area contributed by atoms with Crippen LogP contribution in [0.4, 0.5) is 22.0 Å². The molecule has 0 aromatic carbocycles. The van der Waals surface area contributed by atoms with E-state index in [0.29, 0.717) is 12.3 Å². The van der Waals surface area contributed by atoms with Crippen molar-refractivity contribution in [1.82, 2.24) is 4.98 Å². The Labute approximate surface area is 98.6 Å². The molecule has 0 fully saturated rings. The van der Waals surface area contributed by atoms with E-state index < -0.39 is 30.6 Å². The van der Waals surface area contributed by atoms with Gasteiger partial charge in [-0.2, -0.15) is 13.2 Å². The van der Waals surface area contributed by atoms with Crippen LogP contribution >= 0.6 is 11.6 Å². The van der Waals surface area contributed by atoms with Gasteiger partial charge in [0.15, 0.2) is 0 Å². The first-order chi connectivity index (χ1) is 7.71. The third kappa shape index (κ3) is 3.78. The highest BCUT2D eigenvalue weighted by Gasteiger charge is 2.32. The van der Waals surface area contributed by atoms with Crippen LogP contribution < -0.4 is 5.73 Å². The summed E-state index contributed by atoms with van der Waals surface area (Å²) in [6.45, 7) is 0.